The van der Waals surface area contributed by atoms with Crippen molar-refractivity contribution in [2.75, 3.05) is 44.8 Å². The zero-order valence-corrected chi connectivity index (χ0v) is 19.0. The number of halogens is 3. The van der Waals surface area contributed by atoms with Crippen LogP contribution in [0.15, 0.2) is 36.4 Å². The van der Waals surface area contributed by atoms with Crippen molar-refractivity contribution < 1.29 is 23.9 Å². The molecule has 0 bridgehead atoms. The Kier molecular flexibility index (Phi) is 8.66. The van der Waals surface area contributed by atoms with Gasteiger partial charge in [-0.05, 0) is 59.0 Å². The summed E-state index contributed by atoms with van der Waals surface area (Å²) in [6.45, 7) is 3.11. The third-order valence-corrected chi connectivity index (χ3v) is 5.42. The number of rotatable bonds is 8. The van der Waals surface area contributed by atoms with Gasteiger partial charge in [0.05, 0.1) is 41.3 Å². The van der Waals surface area contributed by atoms with Crippen molar-refractivity contribution in [3.05, 3.63) is 56.4 Å². The summed E-state index contributed by atoms with van der Waals surface area (Å²) in [5.74, 6) is -1.07. The SMILES string of the molecule is O=C(NOCC(O)CN1CCOCC1)c1ccc(F)cc1Nc1ccc(I)cc1Cl. The first kappa shape index (κ1) is 23.2. The number of carbonyl (C=O) groups is 1. The van der Waals surface area contributed by atoms with E-state index in [9.17, 15) is 14.3 Å². The standard InChI is InChI=1S/C20H22ClFIN3O4/c21-17-10-14(23)2-4-18(17)24-19-9-13(22)1-3-16(19)20(28)25-30-12-15(27)11-26-5-7-29-8-6-26/h1-4,9-10,15,24,27H,5-8,11-12H2,(H,25,28). The minimum absolute atomic E-state index is 0.0734. The van der Waals surface area contributed by atoms with Crippen LogP contribution in [-0.4, -0.2) is 61.5 Å². The summed E-state index contributed by atoms with van der Waals surface area (Å²) in [6, 6.07) is 9.07. The Hall–Kier alpha value is -1.50. The van der Waals surface area contributed by atoms with Crippen LogP contribution in [0.3, 0.4) is 0 Å². The van der Waals surface area contributed by atoms with E-state index in [0.29, 0.717) is 30.5 Å². The fourth-order valence-electron chi connectivity index (χ4n) is 2.95. The van der Waals surface area contributed by atoms with Gasteiger partial charge in [0.2, 0.25) is 0 Å². The Balaban J connectivity index is 1.58. The average Bonchev–Trinajstić information content (AvgIpc) is 2.71. The molecule has 7 nitrogen and oxygen atoms in total. The van der Waals surface area contributed by atoms with Crippen LogP contribution >= 0.6 is 34.2 Å². The number of nitrogens with zero attached hydrogens (tertiary/aromatic N) is 1. The molecular formula is C20H22ClFIN3O4. The fraction of sp³-hybridized carbons (Fsp3) is 0.350. The minimum atomic E-state index is -0.764. The number of hydroxylamine groups is 1. The van der Waals surface area contributed by atoms with Crippen molar-refractivity contribution in [2.45, 2.75) is 6.10 Å². The van der Waals surface area contributed by atoms with Crippen molar-refractivity contribution in [3.63, 3.8) is 0 Å². The second-order valence-electron chi connectivity index (χ2n) is 6.75. The van der Waals surface area contributed by atoms with Crippen LogP contribution in [0.2, 0.25) is 5.02 Å². The number of carbonyl (C=O) groups excluding carboxylic acids is 1. The molecule has 1 aliphatic heterocycles. The van der Waals surface area contributed by atoms with Gasteiger partial charge in [-0.3, -0.25) is 14.5 Å². The molecule has 2 aromatic rings. The highest BCUT2D eigenvalue weighted by atomic mass is 127. The first-order valence-corrected chi connectivity index (χ1v) is 10.8. The van der Waals surface area contributed by atoms with Crippen LogP contribution in [0.4, 0.5) is 15.8 Å². The Morgan fingerprint density at radius 1 is 1.27 bits per heavy atom. The second-order valence-corrected chi connectivity index (χ2v) is 8.40. The smallest absolute Gasteiger partial charge is 0.276 e. The molecule has 1 atom stereocenters. The summed E-state index contributed by atoms with van der Waals surface area (Å²) in [5.41, 5.74) is 3.26. The summed E-state index contributed by atoms with van der Waals surface area (Å²) in [5, 5.41) is 13.5. The molecule has 1 heterocycles. The Morgan fingerprint density at radius 2 is 2.03 bits per heavy atom. The zero-order valence-electron chi connectivity index (χ0n) is 16.0. The lowest BCUT2D eigenvalue weighted by Crippen LogP contribution is -2.42. The predicted octanol–water partition coefficient (Wildman–Crippen LogP) is 3.18. The van der Waals surface area contributed by atoms with Gasteiger partial charge in [0.25, 0.3) is 5.91 Å². The van der Waals surface area contributed by atoms with Crippen molar-refractivity contribution in [1.82, 2.24) is 10.4 Å². The third-order valence-electron chi connectivity index (χ3n) is 4.44. The number of β-amino-alcohol motifs (C(OH)–C–C–N with tert-alkyl or cyclic N) is 1. The molecule has 30 heavy (non-hydrogen) atoms. The molecule has 0 aliphatic carbocycles. The van der Waals surface area contributed by atoms with Gasteiger partial charge >= 0.3 is 0 Å². The van der Waals surface area contributed by atoms with Gasteiger partial charge in [0, 0.05) is 23.2 Å². The summed E-state index contributed by atoms with van der Waals surface area (Å²) in [6.07, 6.45) is -0.764. The molecule has 1 aliphatic rings. The average molecular weight is 550 g/mol. The number of nitrogens with one attached hydrogen (secondary N) is 2. The molecule has 162 valence electrons. The van der Waals surface area contributed by atoms with E-state index < -0.39 is 17.8 Å². The molecule has 1 saturated heterocycles. The van der Waals surface area contributed by atoms with Gasteiger partial charge in [-0.15, -0.1) is 0 Å². The van der Waals surface area contributed by atoms with Crippen LogP contribution in [0.25, 0.3) is 0 Å². The van der Waals surface area contributed by atoms with E-state index in [4.69, 9.17) is 21.2 Å². The maximum Gasteiger partial charge on any atom is 0.276 e. The summed E-state index contributed by atoms with van der Waals surface area (Å²) in [4.78, 5) is 19.8. The number of benzene rings is 2. The molecule has 0 saturated carbocycles. The number of ether oxygens (including phenoxy) is 1. The maximum atomic E-state index is 13.8. The zero-order chi connectivity index (χ0) is 21.5. The highest BCUT2D eigenvalue weighted by Crippen LogP contribution is 2.29. The molecule has 3 N–H and O–H groups in total. The summed E-state index contributed by atoms with van der Waals surface area (Å²) < 4.78 is 20.0. The molecule has 1 unspecified atom stereocenters. The molecule has 0 radical (unpaired) electrons. The Labute approximate surface area is 192 Å². The van der Waals surface area contributed by atoms with E-state index in [1.807, 2.05) is 6.07 Å². The van der Waals surface area contributed by atoms with E-state index in [1.54, 1.807) is 12.1 Å². The van der Waals surface area contributed by atoms with Crippen LogP contribution < -0.4 is 10.8 Å². The van der Waals surface area contributed by atoms with Gasteiger partial charge < -0.3 is 15.2 Å². The normalized spacial score (nSPS) is 15.6. The summed E-state index contributed by atoms with van der Waals surface area (Å²) >= 11 is 8.35. The highest BCUT2D eigenvalue weighted by molar-refractivity contribution is 14.1. The lowest BCUT2D eigenvalue weighted by atomic mass is 10.1. The predicted molar refractivity (Wildman–Crippen MR) is 121 cm³/mol. The van der Waals surface area contributed by atoms with Crippen LogP contribution in [0.1, 0.15) is 10.4 Å². The summed E-state index contributed by atoms with van der Waals surface area (Å²) in [7, 11) is 0. The van der Waals surface area contributed by atoms with E-state index >= 15 is 0 Å². The monoisotopic (exact) mass is 549 g/mol. The van der Waals surface area contributed by atoms with Gasteiger partial charge in [0.15, 0.2) is 0 Å². The number of aliphatic hydroxyl groups is 1. The maximum absolute atomic E-state index is 13.8. The first-order chi connectivity index (χ1) is 14.4. The Morgan fingerprint density at radius 3 is 2.77 bits per heavy atom. The Bertz CT molecular complexity index is 883. The number of morpholine rings is 1. The molecule has 1 fully saturated rings. The quantitative estimate of drug-likeness (QED) is 0.347. The van der Waals surface area contributed by atoms with Gasteiger partial charge in [-0.1, -0.05) is 11.6 Å². The molecule has 10 heteroatoms. The topological polar surface area (TPSA) is 83.1 Å². The van der Waals surface area contributed by atoms with Crippen molar-refractivity contribution in [2.24, 2.45) is 0 Å². The largest absolute Gasteiger partial charge is 0.389 e. The van der Waals surface area contributed by atoms with Crippen molar-refractivity contribution >= 4 is 51.5 Å². The second kappa shape index (κ2) is 11.2. The van der Waals surface area contributed by atoms with Gasteiger partial charge in [-0.2, -0.15) is 0 Å². The van der Waals surface area contributed by atoms with E-state index in [0.717, 1.165) is 16.7 Å². The molecule has 3 rings (SSSR count). The van der Waals surface area contributed by atoms with Crippen LogP contribution in [-0.2, 0) is 9.57 Å². The van der Waals surface area contributed by atoms with E-state index in [-0.39, 0.29) is 17.9 Å². The lowest BCUT2D eigenvalue weighted by Gasteiger charge is -2.28. The third kappa shape index (κ3) is 6.76. The van der Waals surface area contributed by atoms with Gasteiger partial charge in [-0.25, -0.2) is 9.87 Å². The number of aliphatic hydroxyl groups excluding tert-OH is 1. The molecule has 0 spiro atoms. The van der Waals surface area contributed by atoms with Crippen LogP contribution in [0, 0.1) is 9.39 Å². The molecule has 0 aromatic heterocycles. The number of anilines is 2. The first-order valence-electron chi connectivity index (χ1n) is 9.34. The number of hydrogen-bond donors (Lipinski definition) is 3. The van der Waals surface area contributed by atoms with Crippen molar-refractivity contribution in [3.8, 4) is 0 Å². The van der Waals surface area contributed by atoms with E-state index in [2.05, 4.69) is 38.3 Å². The van der Waals surface area contributed by atoms with E-state index in [1.165, 1.54) is 18.2 Å². The molecule has 1 amide bonds. The van der Waals surface area contributed by atoms with Gasteiger partial charge in [0.1, 0.15) is 12.4 Å². The van der Waals surface area contributed by atoms with Crippen molar-refractivity contribution in [1.29, 1.82) is 0 Å². The minimum Gasteiger partial charge on any atom is -0.389 e. The highest BCUT2D eigenvalue weighted by Gasteiger charge is 2.17. The molecule has 2 aromatic carbocycles. The number of amides is 1. The molecular weight excluding hydrogens is 528 g/mol. The lowest BCUT2D eigenvalue weighted by molar-refractivity contribution is -0.0362. The number of hydrogen-bond acceptors (Lipinski definition) is 6. The fourth-order valence-corrected chi connectivity index (χ4v) is 3.85. The van der Waals surface area contributed by atoms with Crippen LogP contribution in [0.5, 0.6) is 0 Å².